The molecule has 2 heterocycles. The summed E-state index contributed by atoms with van der Waals surface area (Å²) >= 11 is 0. The highest BCUT2D eigenvalue weighted by Gasteiger charge is 2.47. The van der Waals surface area contributed by atoms with Crippen LogP contribution in [0.5, 0.6) is 5.75 Å². The third-order valence-corrected chi connectivity index (χ3v) is 6.49. The summed E-state index contributed by atoms with van der Waals surface area (Å²) < 4.78 is 5.28. The Morgan fingerprint density at radius 3 is 2.41 bits per heavy atom. The number of anilines is 1. The summed E-state index contributed by atoms with van der Waals surface area (Å²) in [5, 5.41) is 12.2. The first-order valence-corrected chi connectivity index (χ1v) is 11.0. The first-order chi connectivity index (χ1) is 16.4. The average Bonchev–Trinajstić information content (AvgIpc) is 3.40. The summed E-state index contributed by atoms with van der Waals surface area (Å²) in [4.78, 5) is 31.3. The van der Waals surface area contributed by atoms with E-state index < -0.39 is 17.7 Å². The fourth-order valence-electron chi connectivity index (χ4n) is 4.49. The highest BCUT2D eigenvalue weighted by atomic mass is 16.5. The number of ether oxygens (including phenoxy) is 1. The molecule has 2 N–H and O–H groups in total. The molecule has 1 unspecified atom stereocenters. The summed E-state index contributed by atoms with van der Waals surface area (Å²) in [6, 6.07) is 19.5. The van der Waals surface area contributed by atoms with Gasteiger partial charge >= 0.3 is 0 Å². The van der Waals surface area contributed by atoms with Crippen molar-refractivity contribution >= 4 is 34.0 Å². The molecular weight excluding hydrogens is 428 g/mol. The van der Waals surface area contributed by atoms with E-state index in [9.17, 15) is 14.7 Å². The standard InChI is InChI=1S/C28H24N2O4/c1-16-8-11-19(14-17(16)2)30-25(18-9-12-20(34-3)13-10-18)24(27(32)28(30)33)26(31)22-15-29-23-7-5-4-6-21(22)23/h4-15,25,29,31H,1-3H3/b26-24-. The number of aryl methyl sites for hydroxylation is 2. The summed E-state index contributed by atoms with van der Waals surface area (Å²) in [6.45, 7) is 3.95. The molecule has 5 rings (SSSR count). The number of hydrogen-bond acceptors (Lipinski definition) is 4. The van der Waals surface area contributed by atoms with Gasteiger partial charge in [-0.1, -0.05) is 36.4 Å². The van der Waals surface area contributed by atoms with Crippen molar-refractivity contribution in [3.63, 3.8) is 0 Å². The van der Waals surface area contributed by atoms with Crippen LogP contribution in [0.1, 0.15) is 28.3 Å². The molecule has 1 amide bonds. The number of fused-ring (bicyclic) bond motifs is 1. The van der Waals surface area contributed by atoms with Gasteiger partial charge in [-0.2, -0.15) is 0 Å². The Labute approximate surface area is 197 Å². The maximum atomic E-state index is 13.4. The number of nitrogens with zero attached hydrogens (tertiary/aromatic N) is 1. The number of Topliss-reactive ketones (excluding diaryl/α,β-unsaturated/α-hetero) is 1. The molecule has 1 aliphatic rings. The largest absolute Gasteiger partial charge is 0.507 e. The van der Waals surface area contributed by atoms with Crippen molar-refractivity contribution in [1.29, 1.82) is 0 Å². The van der Waals surface area contributed by atoms with Crippen LogP contribution in [0.25, 0.3) is 16.7 Å². The zero-order valence-corrected chi connectivity index (χ0v) is 19.1. The number of carbonyl (C=O) groups is 2. The van der Waals surface area contributed by atoms with Gasteiger partial charge in [0.05, 0.1) is 18.7 Å². The van der Waals surface area contributed by atoms with Crippen molar-refractivity contribution in [1.82, 2.24) is 4.98 Å². The molecule has 1 aliphatic heterocycles. The molecule has 1 saturated heterocycles. The molecule has 1 fully saturated rings. The molecule has 1 atom stereocenters. The van der Waals surface area contributed by atoms with Crippen LogP contribution in [-0.4, -0.2) is 28.9 Å². The van der Waals surface area contributed by atoms with Gasteiger partial charge in [-0.15, -0.1) is 0 Å². The Hall–Kier alpha value is -4.32. The first kappa shape index (κ1) is 21.5. The smallest absolute Gasteiger partial charge is 0.300 e. The lowest BCUT2D eigenvalue weighted by molar-refractivity contribution is -0.132. The average molecular weight is 453 g/mol. The Balaban J connectivity index is 1.75. The van der Waals surface area contributed by atoms with Crippen LogP contribution in [0.2, 0.25) is 0 Å². The Bertz CT molecular complexity index is 1460. The number of aromatic nitrogens is 1. The maximum absolute atomic E-state index is 13.4. The second-order valence-corrected chi connectivity index (χ2v) is 8.46. The SMILES string of the molecule is COc1ccc(C2/C(=C(/O)c3c[nH]c4ccccc34)C(=O)C(=O)N2c2ccc(C)c(C)c2)cc1. The van der Waals surface area contributed by atoms with E-state index in [1.807, 2.05) is 68.4 Å². The second-order valence-electron chi connectivity index (χ2n) is 8.46. The second kappa shape index (κ2) is 8.23. The third kappa shape index (κ3) is 3.35. The summed E-state index contributed by atoms with van der Waals surface area (Å²) in [7, 11) is 1.58. The molecule has 3 aromatic carbocycles. The lowest BCUT2D eigenvalue weighted by atomic mass is 9.94. The van der Waals surface area contributed by atoms with Crippen molar-refractivity contribution < 1.29 is 19.4 Å². The minimum absolute atomic E-state index is 0.0538. The predicted molar refractivity (Wildman–Crippen MR) is 132 cm³/mol. The molecule has 0 spiro atoms. The fourth-order valence-corrected chi connectivity index (χ4v) is 4.49. The van der Waals surface area contributed by atoms with Crippen LogP contribution < -0.4 is 9.64 Å². The number of benzene rings is 3. The zero-order chi connectivity index (χ0) is 24.0. The fraction of sp³-hybridized carbons (Fsp3) is 0.143. The maximum Gasteiger partial charge on any atom is 0.300 e. The lowest BCUT2D eigenvalue weighted by Crippen LogP contribution is -2.29. The van der Waals surface area contributed by atoms with Gasteiger partial charge in [0.2, 0.25) is 0 Å². The van der Waals surface area contributed by atoms with E-state index in [2.05, 4.69) is 4.98 Å². The number of aromatic amines is 1. The quantitative estimate of drug-likeness (QED) is 0.246. The van der Waals surface area contributed by atoms with Crippen molar-refractivity contribution in [3.8, 4) is 5.75 Å². The number of H-pyrrole nitrogens is 1. The van der Waals surface area contributed by atoms with Crippen molar-refractivity contribution in [3.05, 3.63) is 101 Å². The van der Waals surface area contributed by atoms with E-state index in [4.69, 9.17) is 4.74 Å². The zero-order valence-electron chi connectivity index (χ0n) is 19.1. The summed E-state index contributed by atoms with van der Waals surface area (Å²) in [6.07, 6.45) is 1.66. The van der Waals surface area contributed by atoms with E-state index in [-0.39, 0.29) is 11.3 Å². The highest BCUT2D eigenvalue weighted by molar-refractivity contribution is 6.51. The Kier molecular flexibility index (Phi) is 5.21. The molecule has 4 aromatic rings. The number of hydrogen-bond donors (Lipinski definition) is 2. The van der Waals surface area contributed by atoms with Gasteiger partial charge in [0.25, 0.3) is 11.7 Å². The monoisotopic (exact) mass is 452 g/mol. The normalized spacial score (nSPS) is 17.5. The molecule has 0 bridgehead atoms. The van der Waals surface area contributed by atoms with Gasteiger partial charge < -0.3 is 14.8 Å². The van der Waals surface area contributed by atoms with E-state index in [0.717, 1.165) is 22.0 Å². The van der Waals surface area contributed by atoms with Crippen LogP contribution in [0.3, 0.4) is 0 Å². The number of aliphatic hydroxyl groups is 1. The molecule has 0 radical (unpaired) electrons. The number of carbonyl (C=O) groups excluding carboxylic acids is 2. The van der Waals surface area contributed by atoms with Gasteiger partial charge in [-0.05, 0) is 60.9 Å². The molecular formula is C28H24N2O4. The third-order valence-electron chi connectivity index (χ3n) is 6.49. The Morgan fingerprint density at radius 2 is 1.71 bits per heavy atom. The van der Waals surface area contributed by atoms with Crippen molar-refractivity contribution in [2.24, 2.45) is 0 Å². The lowest BCUT2D eigenvalue weighted by Gasteiger charge is -2.26. The number of aliphatic hydroxyl groups excluding tert-OH is 1. The Morgan fingerprint density at radius 1 is 0.971 bits per heavy atom. The summed E-state index contributed by atoms with van der Waals surface area (Å²) in [5.41, 5.74) is 4.74. The minimum atomic E-state index is -0.790. The number of rotatable bonds is 4. The van der Waals surface area contributed by atoms with Crippen LogP contribution in [0, 0.1) is 13.8 Å². The first-order valence-electron chi connectivity index (χ1n) is 11.0. The molecule has 0 aliphatic carbocycles. The molecule has 0 saturated carbocycles. The van der Waals surface area contributed by atoms with Gasteiger partial charge in [-0.3, -0.25) is 14.5 Å². The molecule has 1 aromatic heterocycles. The highest BCUT2D eigenvalue weighted by Crippen LogP contribution is 2.43. The number of nitrogens with one attached hydrogen (secondary N) is 1. The number of ketones is 1. The van der Waals surface area contributed by atoms with Gasteiger partial charge in [0, 0.05) is 28.4 Å². The topological polar surface area (TPSA) is 82.6 Å². The van der Waals surface area contributed by atoms with Crippen molar-refractivity contribution in [2.45, 2.75) is 19.9 Å². The van der Waals surface area contributed by atoms with E-state index >= 15 is 0 Å². The molecule has 6 heteroatoms. The molecule has 170 valence electrons. The molecule has 6 nitrogen and oxygen atoms in total. The van der Waals surface area contributed by atoms with Crippen LogP contribution in [-0.2, 0) is 9.59 Å². The van der Waals surface area contributed by atoms with Gasteiger partial charge in [-0.25, -0.2) is 0 Å². The van der Waals surface area contributed by atoms with E-state index in [1.54, 1.807) is 25.4 Å². The number of para-hydroxylation sites is 1. The van der Waals surface area contributed by atoms with Crippen molar-refractivity contribution in [2.75, 3.05) is 12.0 Å². The molecule has 34 heavy (non-hydrogen) atoms. The van der Waals surface area contributed by atoms with Crippen LogP contribution in [0.15, 0.2) is 78.5 Å². The van der Waals surface area contributed by atoms with E-state index in [1.165, 1.54) is 4.90 Å². The minimum Gasteiger partial charge on any atom is -0.507 e. The van der Waals surface area contributed by atoms with Crippen LogP contribution >= 0.6 is 0 Å². The number of amides is 1. The predicted octanol–water partition coefficient (Wildman–Crippen LogP) is 5.42. The van der Waals surface area contributed by atoms with Gasteiger partial charge in [0.1, 0.15) is 11.5 Å². The van der Waals surface area contributed by atoms with E-state index in [0.29, 0.717) is 22.6 Å². The summed E-state index contributed by atoms with van der Waals surface area (Å²) in [5.74, 6) is -0.946. The van der Waals surface area contributed by atoms with Crippen LogP contribution in [0.4, 0.5) is 5.69 Å². The number of methoxy groups -OCH3 is 1. The van der Waals surface area contributed by atoms with Gasteiger partial charge in [0.15, 0.2) is 0 Å².